The predicted octanol–water partition coefficient (Wildman–Crippen LogP) is 1.86. The summed E-state index contributed by atoms with van der Waals surface area (Å²) in [5.41, 5.74) is 1.09. The van der Waals surface area contributed by atoms with Crippen LogP contribution >= 0.6 is 11.3 Å². The molecule has 6 heteroatoms. The molecule has 1 aliphatic heterocycles. The van der Waals surface area contributed by atoms with Crippen LogP contribution in [-0.2, 0) is 13.0 Å². The second-order valence-electron chi connectivity index (χ2n) is 5.34. The molecule has 21 heavy (non-hydrogen) atoms. The molecule has 0 amide bonds. The standard InChI is InChI=1S/C15H27N5S/c1-3-14-19-13(12-21-14)11-18-15(16-2)17-7-10-20-8-5-4-6-9-20/h12H,3-11H2,1-2H3,(H2,16,17,18). The summed E-state index contributed by atoms with van der Waals surface area (Å²) in [6.45, 7) is 7.39. The number of aliphatic imine (C=N–C) groups is 1. The molecule has 0 aliphatic carbocycles. The Morgan fingerprint density at radius 2 is 2.14 bits per heavy atom. The molecule has 1 saturated heterocycles. The van der Waals surface area contributed by atoms with Crippen LogP contribution in [0.2, 0.25) is 0 Å². The fourth-order valence-electron chi connectivity index (χ4n) is 2.50. The van der Waals surface area contributed by atoms with Gasteiger partial charge in [-0.2, -0.15) is 0 Å². The Labute approximate surface area is 131 Å². The average Bonchev–Trinajstić information content (AvgIpc) is 3.00. The van der Waals surface area contributed by atoms with E-state index >= 15 is 0 Å². The van der Waals surface area contributed by atoms with Crippen molar-refractivity contribution >= 4 is 17.3 Å². The molecule has 0 bridgehead atoms. The maximum atomic E-state index is 4.55. The smallest absolute Gasteiger partial charge is 0.191 e. The van der Waals surface area contributed by atoms with Gasteiger partial charge in [0.1, 0.15) is 0 Å². The maximum Gasteiger partial charge on any atom is 0.191 e. The molecule has 2 rings (SSSR count). The minimum Gasteiger partial charge on any atom is -0.355 e. The van der Waals surface area contributed by atoms with Gasteiger partial charge in [0, 0.05) is 25.5 Å². The molecule has 1 aromatic rings. The van der Waals surface area contributed by atoms with Gasteiger partial charge in [0.05, 0.1) is 17.2 Å². The predicted molar refractivity (Wildman–Crippen MR) is 90.0 cm³/mol. The molecule has 2 N–H and O–H groups in total. The maximum absolute atomic E-state index is 4.55. The molecule has 0 spiro atoms. The number of piperidine rings is 1. The van der Waals surface area contributed by atoms with E-state index in [9.17, 15) is 0 Å². The second-order valence-corrected chi connectivity index (χ2v) is 6.28. The van der Waals surface area contributed by atoms with Crippen molar-refractivity contribution in [3.63, 3.8) is 0 Å². The van der Waals surface area contributed by atoms with Crippen LogP contribution in [0.5, 0.6) is 0 Å². The highest BCUT2D eigenvalue weighted by Gasteiger charge is 2.09. The monoisotopic (exact) mass is 309 g/mol. The second kappa shape index (κ2) is 9.00. The lowest BCUT2D eigenvalue weighted by atomic mass is 10.1. The summed E-state index contributed by atoms with van der Waals surface area (Å²) in [6.07, 6.45) is 5.08. The average molecular weight is 309 g/mol. The fourth-order valence-corrected chi connectivity index (χ4v) is 3.25. The van der Waals surface area contributed by atoms with Crippen LogP contribution in [0.4, 0.5) is 0 Å². The number of thiazole rings is 1. The quantitative estimate of drug-likeness (QED) is 0.622. The van der Waals surface area contributed by atoms with Crippen molar-refractivity contribution in [2.45, 2.75) is 39.2 Å². The van der Waals surface area contributed by atoms with Crippen LogP contribution in [0.3, 0.4) is 0 Å². The summed E-state index contributed by atoms with van der Waals surface area (Å²) >= 11 is 1.73. The summed E-state index contributed by atoms with van der Waals surface area (Å²) in [5.74, 6) is 0.859. The van der Waals surface area contributed by atoms with Gasteiger partial charge < -0.3 is 15.5 Å². The fraction of sp³-hybridized carbons (Fsp3) is 0.733. The lowest BCUT2D eigenvalue weighted by molar-refractivity contribution is 0.232. The number of rotatable bonds is 6. The Morgan fingerprint density at radius 3 is 2.81 bits per heavy atom. The van der Waals surface area contributed by atoms with E-state index in [1.807, 2.05) is 7.05 Å². The summed E-state index contributed by atoms with van der Waals surface area (Å²) in [7, 11) is 1.81. The SMILES string of the molecule is CCc1nc(CNC(=NC)NCCN2CCCCC2)cs1. The van der Waals surface area contributed by atoms with E-state index < -0.39 is 0 Å². The summed E-state index contributed by atoms with van der Waals surface area (Å²) < 4.78 is 0. The molecular formula is C15H27N5S. The summed E-state index contributed by atoms with van der Waals surface area (Å²) in [5, 5.41) is 10.0. The molecule has 0 atom stereocenters. The van der Waals surface area contributed by atoms with Gasteiger partial charge in [-0.25, -0.2) is 4.98 Å². The van der Waals surface area contributed by atoms with Crippen LogP contribution in [0, 0.1) is 0 Å². The molecule has 0 aromatic carbocycles. The highest BCUT2D eigenvalue weighted by atomic mass is 32.1. The van der Waals surface area contributed by atoms with Gasteiger partial charge in [-0.05, 0) is 32.4 Å². The van der Waals surface area contributed by atoms with Crippen molar-refractivity contribution in [1.82, 2.24) is 20.5 Å². The first-order valence-corrected chi connectivity index (χ1v) is 8.80. The lowest BCUT2D eigenvalue weighted by Gasteiger charge is -2.26. The number of aryl methyl sites for hydroxylation is 1. The van der Waals surface area contributed by atoms with Gasteiger partial charge in [0.25, 0.3) is 0 Å². The van der Waals surface area contributed by atoms with Crippen molar-refractivity contribution < 1.29 is 0 Å². The van der Waals surface area contributed by atoms with Gasteiger partial charge in [-0.15, -0.1) is 11.3 Å². The van der Waals surface area contributed by atoms with Crippen molar-refractivity contribution in [2.24, 2.45) is 4.99 Å². The number of aromatic nitrogens is 1. The Balaban J connectivity index is 1.65. The van der Waals surface area contributed by atoms with Crippen LogP contribution in [0.15, 0.2) is 10.4 Å². The third kappa shape index (κ3) is 5.63. The molecular weight excluding hydrogens is 282 g/mol. The van der Waals surface area contributed by atoms with Crippen molar-refractivity contribution in [3.8, 4) is 0 Å². The first kappa shape index (κ1) is 16.2. The van der Waals surface area contributed by atoms with Crippen LogP contribution in [-0.4, -0.2) is 49.1 Å². The normalized spacial score (nSPS) is 17.0. The Kier molecular flexibility index (Phi) is 6.95. The molecule has 0 saturated carbocycles. The van der Waals surface area contributed by atoms with Gasteiger partial charge in [0.2, 0.25) is 0 Å². The highest BCUT2D eigenvalue weighted by molar-refractivity contribution is 7.09. The summed E-state index contributed by atoms with van der Waals surface area (Å²) in [6, 6.07) is 0. The lowest BCUT2D eigenvalue weighted by Crippen LogP contribution is -2.42. The number of nitrogens with one attached hydrogen (secondary N) is 2. The minimum absolute atomic E-state index is 0.736. The largest absolute Gasteiger partial charge is 0.355 e. The van der Waals surface area contributed by atoms with Crippen molar-refractivity contribution in [1.29, 1.82) is 0 Å². The van der Waals surface area contributed by atoms with E-state index in [1.54, 1.807) is 11.3 Å². The first-order valence-electron chi connectivity index (χ1n) is 7.92. The Morgan fingerprint density at radius 1 is 1.33 bits per heavy atom. The topological polar surface area (TPSA) is 52.6 Å². The number of nitrogens with zero attached hydrogens (tertiary/aromatic N) is 3. The van der Waals surface area contributed by atoms with Crippen LogP contribution in [0.25, 0.3) is 0 Å². The van der Waals surface area contributed by atoms with Crippen molar-refractivity contribution in [2.75, 3.05) is 33.2 Å². The number of hydrogen-bond donors (Lipinski definition) is 2. The zero-order valence-electron chi connectivity index (χ0n) is 13.2. The van der Waals surface area contributed by atoms with Crippen molar-refractivity contribution in [3.05, 3.63) is 16.1 Å². The van der Waals surface area contributed by atoms with Gasteiger partial charge in [0.15, 0.2) is 5.96 Å². The van der Waals surface area contributed by atoms with Gasteiger partial charge >= 0.3 is 0 Å². The molecule has 1 fully saturated rings. The Hall–Kier alpha value is -1.14. The minimum atomic E-state index is 0.736. The van der Waals surface area contributed by atoms with E-state index in [1.165, 1.54) is 37.4 Å². The van der Waals surface area contributed by atoms with Gasteiger partial charge in [-0.3, -0.25) is 4.99 Å². The molecule has 0 unspecified atom stereocenters. The van der Waals surface area contributed by atoms with E-state index in [2.05, 4.69) is 37.8 Å². The first-order chi connectivity index (χ1) is 10.3. The molecule has 1 aliphatic rings. The number of likely N-dealkylation sites (tertiary alicyclic amines) is 1. The highest BCUT2D eigenvalue weighted by Crippen LogP contribution is 2.09. The van der Waals surface area contributed by atoms with E-state index in [4.69, 9.17) is 0 Å². The van der Waals surface area contributed by atoms with Crippen LogP contribution < -0.4 is 10.6 Å². The van der Waals surface area contributed by atoms with Crippen LogP contribution in [0.1, 0.15) is 36.9 Å². The number of hydrogen-bond acceptors (Lipinski definition) is 4. The molecule has 1 aromatic heterocycles. The van der Waals surface area contributed by atoms with E-state index in [-0.39, 0.29) is 0 Å². The molecule has 0 radical (unpaired) electrons. The molecule has 5 nitrogen and oxygen atoms in total. The van der Waals surface area contributed by atoms with E-state index in [0.29, 0.717) is 0 Å². The van der Waals surface area contributed by atoms with E-state index in [0.717, 1.165) is 37.7 Å². The zero-order chi connectivity index (χ0) is 14.9. The Bertz CT molecular complexity index is 437. The third-order valence-corrected chi connectivity index (χ3v) is 4.77. The summed E-state index contributed by atoms with van der Waals surface area (Å²) in [4.78, 5) is 11.3. The zero-order valence-corrected chi connectivity index (χ0v) is 14.0. The number of guanidine groups is 1. The third-order valence-electron chi connectivity index (χ3n) is 3.73. The molecule has 2 heterocycles. The molecule has 118 valence electrons. The van der Waals surface area contributed by atoms with Gasteiger partial charge in [-0.1, -0.05) is 13.3 Å².